The molecule has 4 heteroatoms. The lowest BCUT2D eigenvalue weighted by atomic mass is 10.2. The zero-order valence-electron chi connectivity index (χ0n) is 6.46. The molecule has 0 unspecified atom stereocenters. The van der Waals surface area contributed by atoms with Crippen molar-refractivity contribution in [2.24, 2.45) is 0 Å². The third-order valence-electron chi connectivity index (χ3n) is 1.94. The SMILES string of the molecule is Br.Nc1ncc(C2CC2)cc1Br. The van der Waals surface area contributed by atoms with Crippen molar-refractivity contribution >= 4 is 38.7 Å². The molecular formula is C8H10Br2N2. The Balaban J connectivity index is 0.000000720. The van der Waals surface area contributed by atoms with Gasteiger partial charge in [0.25, 0.3) is 0 Å². The average molecular weight is 294 g/mol. The topological polar surface area (TPSA) is 38.9 Å². The highest BCUT2D eigenvalue weighted by Gasteiger charge is 2.23. The molecule has 0 aromatic carbocycles. The summed E-state index contributed by atoms with van der Waals surface area (Å²) in [7, 11) is 0. The normalized spacial score (nSPS) is 15.4. The van der Waals surface area contributed by atoms with Crippen molar-refractivity contribution in [3.63, 3.8) is 0 Å². The van der Waals surface area contributed by atoms with Gasteiger partial charge in [-0.2, -0.15) is 0 Å². The summed E-state index contributed by atoms with van der Waals surface area (Å²) in [5.41, 5.74) is 6.86. The first-order valence-electron chi connectivity index (χ1n) is 3.68. The molecule has 0 radical (unpaired) electrons. The van der Waals surface area contributed by atoms with Crippen molar-refractivity contribution in [2.75, 3.05) is 5.73 Å². The van der Waals surface area contributed by atoms with Gasteiger partial charge in [-0.25, -0.2) is 4.98 Å². The van der Waals surface area contributed by atoms with E-state index in [4.69, 9.17) is 5.73 Å². The first-order chi connectivity index (χ1) is 5.27. The number of rotatable bonds is 1. The van der Waals surface area contributed by atoms with Gasteiger partial charge in [-0.05, 0) is 46.3 Å². The van der Waals surface area contributed by atoms with Crippen molar-refractivity contribution < 1.29 is 0 Å². The number of anilines is 1. The van der Waals surface area contributed by atoms with E-state index < -0.39 is 0 Å². The molecule has 1 fully saturated rings. The molecule has 1 aromatic heterocycles. The molecule has 2 N–H and O–H groups in total. The first kappa shape index (κ1) is 9.99. The van der Waals surface area contributed by atoms with Gasteiger partial charge in [0.05, 0.1) is 4.47 Å². The van der Waals surface area contributed by atoms with Gasteiger partial charge in [0, 0.05) is 6.20 Å². The molecule has 2 nitrogen and oxygen atoms in total. The lowest BCUT2D eigenvalue weighted by molar-refractivity contribution is 1.09. The minimum Gasteiger partial charge on any atom is -0.383 e. The van der Waals surface area contributed by atoms with Gasteiger partial charge in [0.15, 0.2) is 0 Å². The number of pyridine rings is 1. The Hall–Kier alpha value is -0.0900. The molecule has 1 aliphatic rings. The summed E-state index contributed by atoms with van der Waals surface area (Å²) in [6.07, 6.45) is 4.48. The summed E-state index contributed by atoms with van der Waals surface area (Å²) in [6.45, 7) is 0. The molecule has 2 rings (SSSR count). The number of halogens is 2. The minimum absolute atomic E-state index is 0. The second kappa shape index (κ2) is 3.75. The van der Waals surface area contributed by atoms with Gasteiger partial charge >= 0.3 is 0 Å². The Bertz CT molecular complexity index is 284. The maximum absolute atomic E-state index is 5.55. The van der Waals surface area contributed by atoms with Crippen LogP contribution in [0.1, 0.15) is 24.3 Å². The standard InChI is InChI=1S/C8H9BrN2.BrH/c9-7-3-6(5-1-2-5)4-11-8(7)10;/h3-5H,1-2H2,(H2,10,11);1H. The van der Waals surface area contributed by atoms with E-state index in [0.29, 0.717) is 5.82 Å². The van der Waals surface area contributed by atoms with E-state index in [-0.39, 0.29) is 17.0 Å². The zero-order chi connectivity index (χ0) is 7.84. The molecule has 1 saturated carbocycles. The highest BCUT2D eigenvalue weighted by Crippen LogP contribution is 2.40. The van der Waals surface area contributed by atoms with E-state index in [1.54, 1.807) is 0 Å². The van der Waals surface area contributed by atoms with Crippen molar-refractivity contribution in [1.29, 1.82) is 0 Å². The van der Waals surface area contributed by atoms with Gasteiger partial charge in [0.1, 0.15) is 5.82 Å². The summed E-state index contributed by atoms with van der Waals surface area (Å²) in [6, 6.07) is 2.07. The predicted octanol–water partition coefficient (Wildman–Crippen LogP) is 2.88. The maximum Gasteiger partial charge on any atom is 0.137 e. The van der Waals surface area contributed by atoms with Gasteiger partial charge in [-0.3, -0.25) is 0 Å². The lowest BCUT2D eigenvalue weighted by Gasteiger charge is -1.99. The number of nitrogens with two attached hydrogens (primary N) is 1. The molecule has 66 valence electrons. The van der Waals surface area contributed by atoms with E-state index in [9.17, 15) is 0 Å². The Morgan fingerprint density at radius 3 is 2.67 bits per heavy atom. The van der Waals surface area contributed by atoms with E-state index in [2.05, 4.69) is 27.0 Å². The molecule has 0 saturated heterocycles. The van der Waals surface area contributed by atoms with Crippen molar-refractivity contribution in [2.45, 2.75) is 18.8 Å². The lowest BCUT2D eigenvalue weighted by Crippen LogP contribution is -1.92. The minimum atomic E-state index is 0. The van der Waals surface area contributed by atoms with E-state index in [1.165, 1.54) is 18.4 Å². The van der Waals surface area contributed by atoms with Crippen LogP contribution in [-0.2, 0) is 0 Å². The number of nitrogen functional groups attached to an aromatic ring is 1. The van der Waals surface area contributed by atoms with Crippen LogP contribution in [0.3, 0.4) is 0 Å². The highest BCUT2D eigenvalue weighted by atomic mass is 79.9. The molecule has 1 heterocycles. The fourth-order valence-electron chi connectivity index (χ4n) is 1.10. The Labute approximate surface area is 90.5 Å². The maximum atomic E-state index is 5.55. The first-order valence-corrected chi connectivity index (χ1v) is 4.47. The van der Waals surface area contributed by atoms with Crippen LogP contribution in [0.15, 0.2) is 16.7 Å². The van der Waals surface area contributed by atoms with Crippen LogP contribution >= 0.6 is 32.9 Å². The molecule has 0 spiro atoms. The van der Waals surface area contributed by atoms with Crippen molar-refractivity contribution in [3.8, 4) is 0 Å². The molecule has 0 aliphatic heterocycles. The van der Waals surface area contributed by atoms with Gasteiger partial charge in [-0.15, -0.1) is 17.0 Å². The van der Waals surface area contributed by atoms with Crippen LogP contribution < -0.4 is 5.73 Å². The Kier molecular flexibility index (Phi) is 3.12. The fraction of sp³-hybridized carbons (Fsp3) is 0.375. The zero-order valence-corrected chi connectivity index (χ0v) is 9.76. The quantitative estimate of drug-likeness (QED) is 0.865. The van der Waals surface area contributed by atoms with Crippen LogP contribution in [0.25, 0.3) is 0 Å². The highest BCUT2D eigenvalue weighted by molar-refractivity contribution is 9.10. The number of nitrogens with zero attached hydrogens (tertiary/aromatic N) is 1. The second-order valence-electron chi connectivity index (χ2n) is 2.91. The van der Waals surface area contributed by atoms with Crippen LogP contribution in [-0.4, -0.2) is 4.98 Å². The summed E-state index contributed by atoms with van der Waals surface area (Å²) in [4.78, 5) is 4.07. The summed E-state index contributed by atoms with van der Waals surface area (Å²) in [5, 5.41) is 0. The Morgan fingerprint density at radius 2 is 2.17 bits per heavy atom. The predicted molar refractivity (Wildman–Crippen MR) is 58.6 cm³/mol. The molecule has 0 amide bonds. The monoisotopic (exact) mass is 292 g/mol. The molecule has 12 heavy (non-hydrogen) atoms. The summed E-state index contributed by atoms with van der Waals surface area (Å²) < 4.78 is 0.918. The van der Waals surface area contributed by atoms with E-state index in [0.717, 1.165) is 10.4 Å². The molecular weight excluding hydrogens is 284 g/mol. The third kappa shape index (κ3) is 1.98. The third-order valence-corrected chi connectivity index (χ3v) is 2.57. The largest absolute Gasteiger partial charge is 0.383 e. The smallest absolute Gasteiger partial charge is 0.137 e. The fourth-order valence-corrected chi connectivity index (χ4v) is 1.47. The van der Waals surface area contributed by atoms with E-state index in [1.807, 2.05) is 6.20 Å². The van der Waals surface area contributed by atoms with Crippen LogP contribution in [0.4, 0.5) is 5.82 Å². The molecule has 0 atom stereocenters. The number of hydrogen-bond acceptors (Lipinski definition) is 2. The molecule has 1 aromatic rings. The van der Waals surface area contributed by atoms with Crippen LogP contribution in [0.5, 0.6) is 0 Å². The number of aromatic nitrogens is 1. The van der Waals surface area contributed by atoms with Crippen molar-refractivity contribution in [3.05, 3.63) is 22.3 Å². The summed E-state index contributed by atoms with van der Waals surface area (Å²) >= 11 is 3.35. The van der Waals surface area contributed by atoms with E-state index >= 15 is 0 Å². The van der Waals surface area contributed by atoms with Gasteiger partial charge in [0.2, 0.25) is 0 Å². The number of hydrogen-bond donors (Lipinski definition) is 1. The molecule has 0 bridgehead atoms. The van der Waals surface area contributed by atoms with Crippen LogP contribution in [0, 0.1) is 0 Å². The second-order valence-corrected chi connectivity index (χ2v) is 3.76. The van der Waals surface area contributed by atoms with Crippen LogP contribution in [0.2, 0.25) is 0 Å². The molecule has 1 aliphatic carbocycles. The average Bonchev–Trinajstić information content (AvgIpc) is 2.77. The Morgan fingerprint density at radius 1 is 1.50 bits per heavy atom. The van der Waals surface area contributed by atoms with Gasteiger partial charge < -0.3 is 5.73 Å². The van der Waals surface area contributed by atoms with Crippen molar-refractivity contribution in [1.82, 2.24) is 4.98 Å². The summed E-state index contributed by atoms with van der Waals surface area (Å²) in [5.74, 6) is 1.33. The van der Waals surface area contributed by atoms with Gasteiger partial charge in [-0.1, -0.05) is 0 Å².